The predicted molar refractivity (Wildman–Crippen MR) is 97.8 cm³/mol. The Hall–Kier alpha value is -2.30. The standard InChI is InChI=1S/C21H21FN2O/c1-25-18-9-11-24(14-18)13-15-2-7-20-19(8-10-23-21(20)12-15)16-3-5-17(22)6-4-16/h2-8,10,12,18H,9,11,13-14H2,1H3/t18-/m0/s1. The van der Waals surface area contributed by atoms with Gasteiger partial charge in [-0.1, -0.05) is 24.3 Å². The van der Waals surface area contributed by atoms with Gasteiger partial charge in [-0.3, -0.25) is 9.88 Å². The van der Waals surface area contributed by atoms with Crippen LogP contribution in [0.4, 0.5) is 4.39 Å². The van der Waals surface area contributed by atoms with Crippen LogP contribution in [-0.4, -0.2) is 36.2 Å². The summed E-state index contributed by atoms with van der Waals surface area (Å²) in [6.45, 7) is 2.97. The molecule has 2 aromatic carbocycles. The molecule has 1 atom stereocenters. The lowest BCUT2D eigenvalue weighted by Crippen LogP contribution is -2.22. The van der Waals surface area contributed by atoms with E-state index in [1.54, 1.807) is 7.11 Å². The van der Waals surface area contributed by atoms with Gasteiger partial charge in [-0.2, -0.15) is 0 Å². The van der Waals surface area contributed by atoms with E-state index >= 15 is 0 Å². The molecule has 3 nitrogen and oxygen atoms in total. The highest BCUT2D eigenvalue weighted by atomic mass is 19.1. The number of rotatable bonds is 4. The second-order valence-electron chi connectivity index (χ2n) is 6.60. The van der Waals surface area contributed by atoms with E-state index in [9.17, 15) is 4.39 Å². The number of ether oxygens (including phenoxy) is 1. The summed E-state index contributed by atoms with van der Waals surface area (Å²) in [5, 5.41) is 1.09. The molecule has 0 aliphatic carbocycles. The summed E-state index contributed by atoms with van der Waals surface area (Å²) in [5.41, 5.74) is 4.32. The number of aromatic nitrogens is 1. The third-order valence-electron chi connectivity index (χ3n) is 4.93. The lowest BCUT2D eigenvalue weighted by Gasteiger charge is -2.16. The Bertz CT molecular complexity index is 879. The normalized spacial score (nSPS) is 18.1. The van der Waals surface area contributed by atoms with E-state index in [1.165, 1.54) is 17.7 Å². The van der Waals surface area contributed by atoms with Gasteiger partial charge in [-0.15, -0.1) is 0 Å². The van der Waals surface area contributed by atoms with Gasteiger partial charge in [0.2, 0.25) is 0 Å². The van der Waals surface area contributed by atoms with Crippen molar-refractivity contribution in [3.63, 3.8) is 0 Å². The van der Waals surface area contributed by atoms with Crippen molar-refractivity contribution in [1.29, 1.82) is 0 Å². The molecule has 0 amide bonds. The average Bonchev–Trinajstić information content (AvgIpc) is 3.09. The van der Waals surface area contributed by atoms with Crippen LogP contribution in [0.2, 0.25) is 0 Å². The van der Waals surface area contributed by atoms with Gasteiger partial charge in [0.05, 0.1) is 11.6 Å². The van der Waals surface area contributed by atoms with Gasteiger partial charge in [0, 0.05) is 38.3 Å². The smallest absolute Gasteiger partial charge is 0.123 e. The number of hydrogen-bond donors (Lipinski definition) is 0. The zero-order valence-electron chi connectivity index (χ0n) is 14.3. The molecule has 0 radical (unpaired) electrons. The van der Waals surface area contributed by atoms with Crippen LogP contribution in [0.25, 0.3) is 22.0 Å². The number of fused-ring (bicyclic) bond motifs is 1. The van der Waals surface area contributed by atoms with Crippen LogP contribution >= 0.6 is 0 Å². The Balaban J connectivity index is 1.62. The number of halogens is 1. The third-order valence-corrected chi connectivity index (χ3v) is 4.93. The van der Waals surface area contributed by atoms with Crippen molar-refractivity contribution < 1.29 is 9.13 Å². The highest BCUT2D eigenvalue weighted by molar-refractivity contribution is 5.94. The fourth-order valence-corrected chi connectivity index (χ4v) is 3.56. The minimum atomic E-state index is -0.218. The molecule has 25 heavy (non-hydrogen) atoms. The number of likely N-dealkylation sites (tertiary alicyclic amines) is 1. The highest BCUT2D eigenvalue weighted by Crippen LogP contribution is 2.28. The zero-order chi connectivity index (χ0) is 17.2. The molecular formula is C21H21FN2O. The lowest BCUT2D eigenvalue weighted by molar-refractivity contribution is 0.107. The van der Waals surface area contributed by atoms with Crippen molar-refractivity contribution in [2.75, 3.05) is 20.2 Å². The first kappa shape index (κ1) is 16.2. The molecule has 1 saturated heterocycles. The molecular weight excluding hydrogens is 315 g/mol. The predicted octanol–water partition coefficient (Wildman–Crippen LogP) is 4.26. The molecule has 128 valence electrons. The van der Waals surface area contributed by atoms with Crippen LogP contribution in [0.1, 0.15) is 12.0 Å². The lowest BCUT2D eigenvalue weighted by atomic mass is 10.00. The molecule has 2 heterocycles. The van der Waals surface area contributed by atoms with Gasteiger partial charge in [0.15, 0.2) is 0 Å². The van der Waals surface area contributed by atoms with Crippen LogP contribution in [-0.2, 0) is 11.3 Å². The van der Waals surface area contributed by atoms with E-state index in [0.717, 1.165) is 48.1 Å². The fourth-order valence-electron chi connectivity index (χ4n) is 3.56. The maximum Gasteiger partial charge on any atom is 0.123 e. The topological polar surface area (TPSA) is 25.4 Å². The van der Waals surface area contributed by atoms with E-state index < -0.39 is 0 Å². The van der Waals surface area contributed by atoms with Crippen molar-refractivity contribution in [1.82, 2.24) is 9.88 Å². The Morgan fingerprint density at radius 1 is 1.16 bits per heavy atom. The van der Waals surface area contributed by atoms with Crippen LogP contribution in [0.15, 0.2) is 54.7 Å². The van der Waals surface area contributed by atoms with Crippen LogP contribution in [0, 0.1) is 5.82 Å². The van der Waals surface area contributed by atoms with Gasteiger partial charge >= 0.3 is 0 Å². The number of pyridine rings is 1. The van der Waals surface area contributed by atoms with E-state index in [-0.39, 0.29) is 5.82 Å². The minimum Gasteiger partial charge on any atom is -0.380 e. The van der Waals surface area contributed by atoms with Gasteiger partial charge in [0.25, 0.3) is 0 Å². The molecule has 0 bridgehead atoms. The minimum absolute atomic E-state index is 0.218. The van der Waals surface area contributed by atoms with Gasteiger partial charge in [0.1, 0.15) is 5.82 Å². The summed E-state index contributed by atoms with van der Waals surface area (Å²) in [7, 11) is 1.78. The van der Waals surface area contributed by atoms with E-state index in [4.69, 9.17) is 4.74 Å². The monoisotopic (exact) mass is 336 g/mol. The number of hydrogen-bond acceptors (Lipinski definition) is 3. The van der Waals surface area contributed by atoms with Crippen molar-refractivity contribution in [2.45, 2.75) is 19.1 Å². The molecule has 0 spiro atoms. The summed E-state index contributed by atoms with van der Waals surface area (Å²) in [6.07, 6.45) is 3.27. The maximum atomic E-state index is 13.2. The molecule has 0 saturated carbocycles. The first-order valence-electron chi connectivity index (χ1n) is 8.61. The van der Waals surface area contributed by atoms with Crippen molar-refractivity contribution in [2.24, 2.45) is 0 Å². The van der Waals surface area contributed by atoms with Crippen LogP contribution in [0.5, 0.6) is 0 Å². The number of nitrogens with zero attached hydrogens (tertiary/aromatic N) is 2. The van der Waals surface area contributed by atoms with Crippen molar-refractivity contribution in [3.05, 3.63) is 66.1 Å². The molecule has 3 aromatic rings. The number of benzene rings is 2. The highest BCUT2D eigenvalue weighted by Gasteiger charge is 2.21. The first-order chi connectivity index (χ1) is 12.2. The maximum absolute atomic E-state index is 13.2. The van der Waals surface area contributed by atoms with Crippen molar-refractivity contribution in [3.8, 4) is 11.1 Å². The van der Waals surface area contributed by atoms with Crippen LogP contribution < -0.4 is 0 Å². The van der Waals surface area contributed by atoms with Gasteiger partial charge in [-0.05, 0) is 47.4 Å². The Kier molecular flexibility index (Phi) is 4.47. The van der Waals surface area contributed by atoms with Crippen LogP contribution in [0.3, 0.4) is 0 Å². The molecule has 1 aromatic heterocycles. The molecule has 4 heteroatoms. The summed E-state index contributed by atoms with van der Waals surface area (Å²) in [5.74, 6) is -0.218. The summed E-state index contributed by atoms with van der Waals surface area (Å²) < 4.78 is 18.6. The zero-order valence-corrected chi connectivity index (χ0v) is 14.3. The Labute approximate surface area is 147 Å². The van der Waals surface area contributed by atoms with E-state index in [0.29, 0.717) is 6.10 Å². The summed E-state index contributed by atoms with van der Waals surface area (Å²) in [6, 6.07) is 15.0. The molecule has 1 aliphatic rings. The van der Waals surface area contributed by atoms with Gasteiger partial charge in [-0.25, -0.2) is 4.39 Å². The third kappa shape index (κ3) is 3.41. The molecule has 0 unspecified atom stereocenters. The molecule has 0 N–H and O–H groups in total. The average molecular weight is 336 g/mol. The Morgan fingerprint density at radius 3 is 2.76 bits per heavy atom. The fraction of sp³-hybridized carbons (Fsp3) is 0.286. The molecule has 4 rings (SSSR count). The summed E-state index contributed by atoms with van der Waals surface area (Å²) in [4.78, 5) is 6.95. The largest absolute Gasteiger partial charge is 0.380 e. The molecule has 1 fully saturated rings. The Morgan fingerprint density at radius 2 is 2.00 bits per heavy atom. The van der Waals surface area contributed by atoms with Crippen molar-refractivity contribution >= 4 is 10.9 Å². The number of methoxy groups -OCH3 is 1. The van der Waals surface area contributed by atoms with Gasteiger partial charge < -0.3 is 4.74 Å². The first-order valence-corrected chi connectivity index (χ1v) is 8.61. The second-order valence-corrected chi connectivity index (χ2v) is 6.60. The van der Waals surface area contributed by atoms with E-state index in [2.05, 4.69) is 28.1 Å². The SMILES string of the molecule is CO[C@H]1CCN(Cc2ccc3c(-c4ccc(F)cc4)ccnc3c2)C1. The summed E-state index contributed by atoms with van der Waals surface area (Å²) >= 11 is 0. The molecule has 1 aliphatic heterocycles. The van der Waals surface area contributed by atoms with E-state index in [1.807, 2.05) is 24.4 Å². The quantitative estimate of drug-likeness (QED) is 0.712. The second kappa shape index (κ2) is 6.90.